The number of halogens is 4. The van der Waals surface area contributed by atoms with Crippen molar-refractivity contribution in [3.63, 3.8) is 0 Å². The van der Waals surface area contributed by atoms with Crippen molar-refractivity contribution in [2.24, 2.45) is 11.5 Å². The lowest BCUT2D eigenvalue weighted by Crippen LogP contribution is -2.36. The van der Waals surface area contributed by atoms with Gasteiger partial charge in [-0.3, -0.25) is 4.98 Å². The monoisotopic (exact) mass is 553 g/mol. The lowest BCUT2D eigenvalue weighted by atomic mass is 9.96. The number of alkyl halides is 3. The fraction of sp³-hybridized carbons (Fsp3) is 0.179. The fourth-order valence-corrected chi connectivity index (χ4v) is 5.90. The number of fused-ring (bicyclic) bond motifs is 1. The maximum Gasteiger partial charge on any atom is 0.417 e. The lowest BCUT2D eigenvalue weighted by molar-refractivity contribution is -0.137. The van der Waals surface area contributed by atoms with E-state index in [1.165, 1.54) is 23.5 Å². The smallest absolute Gasteiger partial charge is 0.326 e. The van der Waals surface area contributed by atoms with Crippen molar-refractivity contribution in [1.82, 2.24) is 15.0 Å². The highest BCUT2D eigenvalue weighted by molar-refractivity contribution is 7.19. The van der Waals surface area contributed by atoms with Crippen LogP contribution in [0.1, 0.15) is 27.7 Å². The first kappa shape index (κ1) is 26.2. The van der Waals surface area contributed by atoms with Gasteiger partial charge in [-0.25, -0.2) is 9.97 Å². The second-order valence-corrected chi connectivity index (χ2v) is 10.6. The van der Waals surface area contributed by atoms with Crippen molar-refractivity contribution in [1.29, 1.82) is 0 Å². The van der Waals surface area contributed by atoms with Crippen LogP contribution in [0.25, 0.3) is 32.7 Å². The third kappa shape index (κ3) is 5.02. The van der Waals surface area contributed by atoms with Crippen LogP contribution in [0.15, 0.2) is 73.1 Å². The van der Waals surface area contributed by atoms with Gasteiger partial charge in [-0.15, -0.1) is 11.3 Å². The molecule has 0 aliphatic rings. The molecular formula is C28H23ClF3N5S. The molecule has 0 aliphatic carbocycles. The molecule has 2 atom stereocenters. The zero-order valence-electron chi connectivity index (χ0n) is 20.2. The molecule has 0 amide bonds. The van der Waals surface area contributed by atoms with Crippen LogP contribution in [0.2, 0.25) is 5.02 Å². The quantitative estimate of drug-likeness (QED) is 0.237. The normalized spacial score (nSPS) is 13.6. The molecule has 5 aromatic rings. The van der Waals surface area contributed by atoms with Gasteiger partial charge in [0.15, 0.2) is 5.82 Å². The van der Waals surface area contributed by atoms with E-state index in [1.54, 1.807) is 31.5 Å². The van der Waals surface area contributed by atoms with Crippen molar-refractivity contribution in [3.05, 3.63) is 99.8 Å². The lowest BCUT2D eigenvalue weighted by Gasteiger charge is -2.21. The summed E-state index contributed by atoms with van der Waals surface area (Å²) in [4.78, 5) is 14.2. The number of aryl methyl sites for hydroxylation is 1. The molecule has 2 unspecified atom stereocenters. The van der Waals surface area contributed by atoms with Crippen LogP contribution in [0, 0.1) is 6.92 Å². The van der Waals surface area contributed by atoms with Crippen LogP contribution >= 0.6 is 22.9 Å². The molecule has 0 spiro atoms. The molecule has 0 radical (unpaired) electrons. The Morgan fingerprint density at radius 3 is 2.32 bits per heavy atom. The molecule has 194 valence electrons. The van der Waals surface area contributed by atoms with E-state index >= 15 is 0 Å². The highest BCUT2D eigenvalue weighted by Crippen LogP contribution is 2.47. The van der Waals surface area contributed by atoms with E-state index in [9.17, 15) is 13.2 Å². The summed E-state index contributed by atoms with van der Waals surface area (Å²) in [5.74, 6) is 0.317. The summed E-state index contributed by atoms with van der Waals surface area (Å²) in [7, 11) is 0. The third-order valence-electron chi connectivity index (χ3n) is 6.33. The van der Waals surface area contributed by atoms with Crippen molar-refractivity contribution in [3.8, 4) is 22.5 Å². The molecule has 0 saturated heterocycles. The molecule has 10 heteroatoms. The topological polar surface area (TPSA) is 90.7 Å². The largest absolute Gasteiger partial charge is 0.417 e. The number of aromatic nitrogens is 3. The summed E-state index contributed by atoms with van der Waals surface area (Å²) in [6, 6.07) is 15.7. The molecule has 0 aliphatic heterocycles. The van der Waals surface area contributed by atoms with E-state index in [0.717, 1.165) is 11.6 Å². The SMILES string of the molecule is Cc1sc2c(C(N)C(N)Cc3ccccc3)nc(-c3ccncc3)nc2c1-c1c(Cl)cccc1C(F)(F)F. The Morgan fingerprint density at radius 2 is 1.63 bits per heavy atom. The Hall–Kier alpha value is -3.37. The molecule has 3 aromatic heterocycles. The fourth-order valence-electron chi connectivity index (χ4n) is 4.49. The molecule has 0 fully saturated rings. The summed E-state index contributed by atoms with van der Waals surface area (Å²) in [6.45, 7) is 1.75. The average Bonchev–Trinajstić information content (AvgIpc) is 3.23. The van der Waals surface area contributed by atoms with Gasteiger partial charge in [0.25, 0.3) is 0 Å². The Bertz CT molecular complexity index is 1590. The maximum absolute atomic E-state index is 14.1. The van der Waals surface area contributed by atoms with Gasteiger partial charge in [-0.05, 0) is 43.2 Å². The van der Waals surface area contributed by atoms with Crippen LogP contribution < -0.4 is 11.5 Å². The van der Waals surface area contributed by atoms with E-state index < -0.39 is 23.8 Å². The average molecular weight is 554 g/mol. The highest BCUT2D eigenvalue weighted by atomic mass is 35.5. The van der Waals surface area contributed by atoms with E-state index in [2.05, 4.69) is 4.98 Å². The van der Waals surface area contributed by atoms with Gasteiger partial charge in [-0.1, -0.05) is 48.0 Å². The van der Waals surface area contributed by atoms with Gasteiger partial charge >= 0.3 is 6.18 Å². The number of nitrogens with two attached hydrogens (primary N) is 2. The van der Waals surface area contributed by atoms with Gasteiger partial charge < -0.3 is 11.5 Å². The summed E-state index contributed by atoms with van der Waals surface area (Å²) >= 11 is 7.69. The number of nitrogens with zero attached hydrogens (tertiary/aromatic N) is 3. The van der Waals surface area contributed by atoms with Gasteiger partial charge in [0.2, 0.25) is 0 Å². The van der Waals surface area contributed by atoms with E-state index in [-0.39, 0.29) is 10.6 Å². The first-order valence-electron chi connectivity index (χ1n) is 11.8. The number of hydrogen-bond acceptors (Lipinski definition) is 6. The van der Waals surface area contributed by atoms with Crippen LogP contribution in [0.4, 0.5) is 13.2 Å². The second kappa shape index (κ2) is 10.4. The zero-order valence-corrected chi connectivity index (χ0v) is 21.8. The van der Waals surface area contributed by atoms with Crippen molar-refractivity contribution < 1.29 is 13.2 Å². The third-order valence-corrected chi connectivity index (χ3v) is 7.77. The first-order chi connectivity index (χ1) is 18.1. The first-order valence-corrected chi connectivity index (χ1v) is 13.0. The van der Waals surface area contributed by atoms with E-state index in [4.69, 9.17) is 33.0 Å². The zero-order chi connectivity index (χ0) is 27.0. The molecule has 2 aromatic carbocycles. The summed E-state index contributed by atoms with van der Waals surface area (Å²) < 4.78 is 42.8. The minimum Gasteiger partial charge on any atom is -0.326 e. The highest BCUT2D eigenvalue weighted by Gasteiger charge is 2.36. The van der Waals surface area contributed by atoms with Gasteiger partial charge in [-0.2, -0.15) is 13.2 Å². The number of benzene rings is 2. The van der Waals surface area contributed by atoms with E-state index in [0.29, 0.717) is 44.2 Å². The summed E-state index contributed by atoms with van der Waals surface area (Å²) in [6.07, 6.45) is -0.921. The van der Waals surface area contributed by atoms with Crippen LogP contribution in [0.5, 0.6) is 0 Å². The number of pyridine rings is 1. The van der Waals surface area contributed by atoms with Crippen LogP contribution in [-0.2, 0) is 12.6 Å². The molecule has 5 nitrogen and oxygen atoms in total. The molecule has 0 bridgehead atoms. The van der Waals surface area contributed by atoms with Crippen molar-refractivity contribution in [2.75, 3.05) is 0 Å². The minimum absolute atomic E-state index is 0.0154. The molecular weight excluding hydrogens is 531 g/mol. The van der Waals surface area contributed by atoms with Gasteiger partial charge in [0.1, 0.15) is 0 Å². The summed E-state index contributed by atoms with van der Waals surface area (Å²) in [5.41, 5.74) is 15.1. The molecule has 0 saturated carbocycles. The van der Waals surface area contributed by atoms with Crippen molar-refractivity contribution >= 4 is 33.2 Å². The number of thiophene rings is 1. The van der Waals surface area contributed by atoms with Crippen molar-refractivity contribution in [2.45, 2.75) is 31.6 Å². The summed E-state index contributed by atoms with van der Waals surface area (Å²) in [5, 5.41) is -0.0154. The van der Waals surface area contributed by atoms with Crippen LogP contribution in [0.3, 0.4) is 0 Å². The predicted molar refractivity (Wildman–Crippen MR) is 146 cm³/mol. The number of hydrogen-bond donors (Lipinski definition) is 2. The van der Waals surface area contributed by atoms with Gasteiger partial charge in [0, 0.05) is 45.0 Å². The Kier molecular flexibility index (Phi) is 7.19. The Balaban J connectivity index is 1.75. The standard InChI is InChI=1S/C28H23ClF3N5S/c1-15-21(22-18(28(30,31)32)8-5-9-19(22)29)24-26(38-15)25(37-27(36-24)17-10-12-35-13-11-17)23(34)20(33)14-16-6-3-2-4-7-16/h2-13,20,23H,14,33-34H2,1H3. The van der Waals surface area contributed by atoms with Crippen LogP contribution in [-0.4, -0.2) is 21.0 Å². The Morgan fingerprint density at radius 1 is 0.921 bits per heavy atom. The predicted octanol–water partition coefficient (Wildman–Crippen LogP) is 6.97. The molecule has 38 heavy (non-hydrogen) atoms. The molecule has 5 rings (SSSR count). The van der Waals surface area contributed by atoms with E-state index in [1.807, 2.05) is 30.3 Å². The second-order valence-electron chi connectivity index (χ2n) is 8.92. The van der Waals surface area contributed by atoms with Gasteiger partial charge in [0.05, 0.1) is 27.5 Å². The minimum atomic E-state index is -4.61. The maximum atomic E-state index is 14.1. The Labute approximate surface area is 226 Å². The molecule has 3 heterocycles. The number of rotatable bonds is 6. The molecule has 4 N–H and O–H groups in total.